The van der Waals surface area contributed by atoms with Gasteiger partial charge in [-0.05, 0) is 25.9 Å². The monoisotopic (exact) mass is 229 g/mol. The number of hydrogen-bond donors (Lipinski definition) is 2. The van der Waals surface area contributed by atoms with E-state index in [4.69, 9.17) is 10.5 Å². The van der Waals surface area contributed by atoms with E-state index in [1.165, 1.54) is 7.11 Å². The zero-order valence-corrected chi connectivity index (χ0v) is 10.2. The van der Waals surface area contributed by atoms with Crippen molar-refractivity contribution in [3.05, 3.63) is 0 Å². The number of carbonyl (C=O) groups excluding carboxylic acids is 1. The van der Waals surface area contributed by atoms with Crippen molar-refractivity contribution in [1.82, 2.24) is 10.2 Å². The number of hydrogen-bond acceptors (Lipinski definition) is 4. The molecule has 1 aliphatic heterocycles. The number of piperidine rings is 1. The quantitative estimate of drug-likeness (QED) is 0.671. The van der Waals surface area contributed by atoms with Gasteiger partial charge in [0.05, 0.1) is 0 Å². The molecule has 16 heavy (non-hydrogen) atoms. The summed E-state index contributed by atoms with van der Waals surface area (Å²) in [5.41, 5.74) is 5.45. The number of rotatable bonds is 5. The van der Waals surface area contributed by atoms with Crippen LogP contribution in [0.3, 0.4) is 0 Å². The van der Waals surface area contributed by atoms with Gasteiger partial charge in [-0.1, -0.05) is 6.92 Å². The van der Waals surface area contributed by atoms with Crippen LogP contribution in [0.4, 0.5) is 0 Å². The van der Waals surface area contributed by atoms with Gasteiger partial charge in [0.1, 0.15) is 6.10 Å². The van der Waals surface area contributed by atoms with Gasteiger partial charge in [0.15, 0.2) is 0 Å². The van der Waals surface area contributed by atoms with Crippen LogP contribution in [-0.2, 0) is 9.53 Å². The number of nitrogens with zero attached hydrogens (tertiary/aromatic N) is 1. The number of nitrogens with one attached hydrogen (secondary N) is 1. The van der Waals surface area contributed by atoms with Crippen LogP contribution in [0.15, 0.2) is 0 Å². The molecule has 0 saturated carbocycles. The van der Waals surface area contributed by atoms with Gasteiger partial charge in [0.25, 0.3) is 5.91 Å². The standard InChI is InChI=1S/C11H23N3O2/c1-3-14-6-4-5-9(8-14)13-11(15)10(7-12)16-2/h9-10H,3-8,12H2,1-2H3,(H,13,15). The molecule has 0 spiro atoms. The molecule has 5 nitrogen and oxygen atoms in total. The molecule has 0 aromatic carbocycles. The van der Waals surface area contributed by atoms with Crippen LogP contribution in [0.2, 0.25) is 0 Å². The van der Waals surface area contributed by atoms with Gasteiger partial charge in [0, 0.05) is 26.2 Å². The van der Waals surface area contributed by atoms with Gasteiger partial charge in [-0.3, -0.25) is 4.79 Å². The lowest BCUT2D eigenvalue weighted by molar-refractivity contribution is -0.131. The number of likely N-dealkylation sites (N-methyl/N-ethyl adjacent to an activating group) is 1. The Kier molecular flexibility index (Phi) is 5.73. The first-order valence-electron chi connectivity index (χ1n) is 5.96. The summed E-state index contributed by atoms with van der Waals surface area (Å²) in [6.07, 6.45) is 1.67. The second-order valence-electron chi connectivity index (χ2n) is 4.20. The Hall–Kier alpha value is -0.650. The summed E-state index contributed by atoms with van der Waals surface area (Å²) in [4.78, 5) is 14.1. The maximum Gasteiger partial charge on any atom is 0.250 e. The fourth-order valence-corrected chi connectivity index (χ4v) is 2.06. The molecule has 1 amide bonds. The van der Waals surface area contributed by atoms with E-state index in [0.29, 0.717) is 0 Å². The highest BCUT2D eigenvalue weighted by Gasteiger charge is 2.23. The summed E-state index contributed by atoms with van der Waals surface area (Å²) in [6.45, 7) is 5.47. The van der Waals surface area contributed by atoms with Crippen molar-refractivity contribution in [1.29, 1.82) is 0 Å². The minimum atomic E-state index is -0.517. The number of nitrogens with two attached hydrogens (primary N) is 1. The molecule has 0 aromatic heterocycles. The Morgan fingerprint density at radius 1 is 1.69 bits per heavy atom. The molecule has 3 N–H and O–H groups in total. The third-order valence-corrected chi connectivity index (χ3v) is 3.09. The van der Waals surface area contributed by atoms with Gasteiger partial charge in [0.2, 0.25) is 0 Å². The molecule has 0 aromatic rings. The van der Waals surface area contributed by atoms with Crippen LogP contribution in [0.25, 0.3) is 0 Å². The Bertz CT molecular complexity index is 219. The second kappa shape index (κ2) is 6.83. The van der Waals surface area contributed by atoms with Crippen LogP contribution in [0, 0.1) is 0 Å². The molecule has 1 rings (SSSR count). The maximum atomic E-state index is 11.7. The number of ether oxygens (including phenoxy) is 1. The van der Waals surface area contributed by atoms with Crippen molar-refractivity contribution in [3.8, 4) is 0 Å². The molecule has 1 aliphatic rings. The van der Waals surface area contributed by atoms with Gasteiger partial charge in [-0.25, -0.2) is 0 Å². The molecule has 5 heteroatoms. The normalized spacial score (nSPS) is 24.1. The van der Waals surface area contributed by atoms with Crippen molar-refractivity contribution in [2.24, 2.45) is 5.73 Å². The molecule has 0 aliphatic carbocycles. The smallest absolute Gasteiger partial charge is 0.250 e. The summed E-state index contributed by atoms with van der Waals surface area (Å²) < 4.78 is 5.01. The second-order valence-corrected chi connectivity index (χ2v) is 4.20. The molecule has 2 atom stereocenters. The SMILES string of the molecule is CCN1CCCC(NC(=O)C(CN)OC)C1. The molecule has 0 radical (unpaired) electrons. The van der Waals surface area contributed by atoms with E-state index in [0.717, 1.165) is 32.5 Å². The molecule has 0 bridgehead atoms. The lowest BCUT2D eigenvalue weighted by Gasteiger charge is -2.32. The third kappa shape index (κ3) is 3.73. The predicted molar refractivity (Wildman–Crippen MR) is 63.1 cm³/mol. The van der Waals surface area contributed by atoms with E-state index in [-0.39, 0.29) is 18.5 Å². The van der Waals surface area contributed by atoms with Crippen LogP contribution < -0.4 is 11.1 Å². The Balaban J connectivity index is 2.38. The van der Waals surface area contributed by atoms with Gasteiger partial charge in [-0.2, -0.15) is 0 Å². The Morgan fingerprint density at radius 2 is 2.44 bits per heavy atom. The van der Waals surface area contributed by atoms with Crippen molar-refractivity contribution in [2.75, 3.05) is 33.3 Å². The van der Waals surface area contributed by atoms with E-state index in [1.807, 2.05) is 0 Å². The Labute approximate surface area is 97.3 Å². The van der Waals surface area contributed by atoms with E-state index in [9.17, 15) is 4.79 Å². The predicted octanol–water partition coefficient (Wildman–Crippen LogP) is -0.439. The van der Waals surface area contributed by atoms with E-state index in [1.54, 1.807) is 0 Å². The number of methoxy groups -OCH3 is 1. The van der Waals surface area contributed by atoms with Crippen LogP contribution in [0.1, 0.15) is 19.8 Å². The van der Waals surface area contributed by atoms with Crippen LogP contribution >= 0.6 is 0 Å². The summed E-state index contributed by atoms with van der Waals surface area (Å²) in [5.74, 6) is -0.0899. The van der Waals surface area contributed by atoms with Crippen LogP contribution in [-0.4, -0.2) is 56.2 Å². The zero-order chi connectivity index (χ0) is 12.0. The average molecular weight is 229 g/mol. The van der Waals surface area contributed by atoms with Gasteiger partial charge >= 0.3 is 0 Å². The topological polar surface area (TPSA) is 67.6 Å². The summed E-state index contributed by atoms with van der Waals surface area (Å²) in [7, 11) is 1.51. The first kappa shape index (κ1) is 13.4. The lowest BCUT2D eigenvalue weighted by atomic mass is 10.1. The van der Waals surface area contributed by atoms with Crippen molar-refractivity contribution in [2.45, 2.75) is 31.9 Å². The molecular weight excluding hydrogens is 206 g/mol. The number of likely N-dealkylation sites (tertiary alicyclic amines) is 1. The number of carbonyl (C=O) groups is 1. The van der Waals surface area contributed by atoms with Gasteiger partial charge < -0.3 is 20.7 Å². The molecule has 1 heterocycles. The summed E-state index contributed by atoms with van der Waals surface area (Å²) in [5, 5.41) is 3.00. The minimum Gasteiger partial charge on any atom is -0.370 e. The average Bonchev–Trinajstić information content (AvgIpc) is 2.31. The first-order valence-corrected chi connectivity index (χ1v) is 5.96. The first-order chi connectivity index (χ1) is 7.71. The molecule has 1 fully saturated rings. The summed E-state index contributed by atoms with van der Waals surface area (Å²) >= 11 is 0. The van der Waals surface area contributed by atoms with Gasteiger partial charge in [-0.15, -0.1) is 0 Å². The minimum absolute atomic E-state index is 0.0899. The Morgan fingerprint density at radius 3 is 3.00 bits per heavy atom. The summed E-state index contributed by atoms with van der Waals surface area (Å²) in [6, 6.07) is 0.241. The van der Waals surface area contributed by atoms with Crippen LogP contribution in [0.5, 0.6) is 0 Å². The fraction of sp³-hybridized carbons (Fsp3) is 0.909. The highest BCUT2D eigenvalue weighted by molar-refractivity contribution is 5.81. The maximum absolute atomic E-state index is 11.7. The largest absolute Gasteiger partial charge is 0.370 e. The molecule has 94 valence electrons. The van der Waals surface area contributed by atoms with Crippen molar-refractivity contribution in [3.63, 3.8) is 0 Å². The molecular formula is C11H23N3O2. The van der Waals surface area contributed by atoms with Crippen molar-refractivity contribution < 1.29 is 9.53 Å². The fourth-order valence-electron chi connectivity index (χ4n) is 2.06. The third-order valence-electron chi connectivity index (χ3n) is 3.09. The highest BCUT2D eigenvalue weighted by atomic mass is 16.5. The van der Waals surface area contributed by atoms with Crippen molar-refractivity contribution >= 4 is 5.91 Å². The van der Waals surface area contributed by atoms with E-state index in [2.05, 4.69) is 17.1 Å². The molecule has 1 saturated heterocycles. The van der Waals surface area contributed by atoms with E-state index >= 15 is 0 Å². The number of amides is 1. The lowest BCUT2D eigenvalue weighted by Crippen LogP contribution is -2.51. The zero-order valence-electron chi connectivity index (χ0n) is 10.2. The van der Waals surface area contributed by atoms with E-state index < -0.39 is 6.10 Å². The molecule has 2 unspecified atom stereocenters. The highest BCUT2D eigenvalue weighted by Crippen LogP contribution is 2.09.